The summed E-state index contributed by atoms with van der Waals surface area (Å²) in [6.45, 7) is 2.07. The minimum atomic E-state index is -0.932. The molecule has 2 rings (SSSR count). The third kappa shape index (κ3) is 1.90. The molecule has 1 aliphatic heterocycles. The van der Waals surface area contributed by atoms with Gasteiger partial charge in [-0.25, -0.2) is 4.79 Å². The van der Waals surface area contributed by atoms with Gasteiger partial charge in [0.25, 0.3) is 0 Å². The maximum Gasteiger partial charge on any atom is 0.335 e. The van der Waals surface area contributed by atoms with E-state index in [1.54, 1.807) is 6.08 Å². The fraction of sp³-hybridized carbons (Fsp3) is 0.182. The quantitative estimate of drug-likeness (QED) is 0.852. The topological polar surface area (TPSA) is 46.5 Å². The summed E-state index contributed by atoms with van der Waals surface area (Å²) in [4.78, 5) is 10.8. The molecule has 15 heavy (non-hydrogen) atoms. The molecule has 1 aromatic rings. The Hall–Kier alpha value is -1.29. The highest BCUT2D eigenvalue weighted by Crippen LogP contribution is 2.35. The normalized spacial score (nSPS) is 13.9. The van der Waals surface area contributed by atoms with Gasteiger partial charge in [0.2, 0.25) is 0 Å². The van der Waals surface area contributed by atoms with Gasteiger partial charge >= 0.3 is 5.97 Å². The Morgan fingerprint density at radius 2 is 2.27 bits per heavy atom. The van der Waals surface area contributed by atoms with E-state index in [-0.39, 0.29) is 12.2 Å². The molecule has 78 valence electrons. The zero-order valence-corrected chi connectivity index (χ0v) is 9.67. The van der Waals surface area contributed by atoms with Crippen LogP contribution < -0.4 is 4.74 Å². The van der Waals surface area contributed by atoms with Gasteiger partial charge in [0, 0.05) is 5.56 Å². The third-order valence-corrected chi connectivity index (χ3v) is 2.78. The lowest BCUT2D eigenvalue weighted by atomic mass is 10.1. The van der Waals surface area contributed by atoms with Gasteiger partial charge in [-0.1, -0.05) is 0 Å². The van der Waals surface area contributed by atoms with Gasteiger partial charge in [-0.05, 0) is 46.6 Å². The van der Waals surface area contributed by atoms with Crippen LogP contribution in [0.2, 0.25) is 0 Å². The molecule has 1 aliphatic rings. The number of hydrogen-bond acceptors (Lipinski definition) is 2. The zero-order chi connectivity index (χ0) is 11.0. The molecule has 1 heterocycles. The Morgan fingerprint density at radius 3 is 2.93 bits per heavy atom. The van der Waals surface area contributed by atoms with Crippen LogP contribution in [0, 0.1) is 6.92 Å². The van der Waals surface area contributed by atoms with Gasteiger partial charge in [0.05, 0.1) is 10.0 Å². The molecular formula is C11H9BrO3. The Kier molecular flexibility index (Phi) is 2.52. The molecule has 0 aromatic heterocycles. The van der Waals surface area contributed by atoms with E-state index in [1.165, 1.54) is 0 Å². The second-order valence-corrected chi connectivity index (χ2v) is 4.28. The van der Waals surface area contributed by atoms with E-state index in [2.05, 4.69) is 15.9 Å². The monoisotopic (exact) mass is 268 g/mol. The van der Waals surface area contributed by atoms with Crippen molar-refractivity contribution in [2.75, 3.05) is 6.61 Å². The van der Waals surface area contributed by atoms with Crippen molar-refractivity contribution in [3.63, 3.8) is 0 Å². The minimum Gasteiger partial charge on any atom is -0.487 e. The molecule has 0 aliphatic carbocycles. The molecule has 1 aromatic carbocycles. The van der Waals surface area contributed by atoms with Gasteiger partial charge in [-0.3, -0.25) is 0 Å². The molecule has 1 N–H and O–H groups in total. The molecule has 3 nitrogen and oxygen atoms in total. The van der Waals surface area contributed by atoms with Crippen molar-refractivity contribution >= 4 is 28.0 Å². The van der Waals surface area contributed by atoms with Gasteiger partial charge in [-0.2, -0.15) is 0 Å². The first-order valence-corrected chi connectivity index (χ1v) is 5.24. The summed E-state index contributed by atoms with van der Waals surface area (Å²) in [5, 5.41) is 8.84. The predicted molar refractivity (Wildman–Crippen MR) is 60.0 cm³/mol. The van der Waals surface area contributed by atoms with E-state index in [9.17, 15) is 4.79 Å². The fourth-order valence-corrected chi connectivity index (χ4v) is 2.22. The molecule has 0 saturated carbocycles. The molecule has 4 heteroatoms. The average molecular weight is 269 g/mol. The van der Waals surface area contributed by atoms with Gasteiger partial charge in [-0.15, -0.1) is 0 Å². The fourth-order valence-electron chi connectivity index (χ4n) is 1.52. The summed E-state index contributed by atoms with van der Waals surface area (Å²) in [5.74, 6) is -0.219. The van der Waals surface area contributed by atoms with Gasteiger partial charge in [0.15, 0.2) is 0 Å². The first kappa shape index (κ1) is 10.2. The molecule has 0 bridgehead atoms. The molecule has 0 radical (unpaired) electrons. The lowest BCUT2D eigenvalue weighted by Gasteiger charge is -2.17. The van der Waals surface area contributed by atoms with Crippen molar-refractivity contribution in [3.8, 4) is 5.75 Å². The number of carbonyl (C=O) groups is 1. The molecule has 0 saturated heterocycles. The molecule has 0 unspecified atom stereocenters. The lowest BCUT2D eigenvalue weighted by Crippen LogP contribution is -2.14. The highest BCUT2D eigenvalue weighted by Gasteiger charge is 2.18. The van der Waals surface area contributed by atoms with Gasteiger partial charge < -0.3 is 9.84 Å². The van der Waals surface area contributed by atoms with Crippen LogP contribution >= 0.6 is 15.9 Å². The number of carboxylic acid groups (broad SMARTS) is 1. The standard InChI is InChI=1S/C11H9BrO3/c1-6-2-7-4-8(11(13)14)5-15-10(7)9(12)3-6/h2-4H,5H2,1H3,(H,13,14). The number of aryl methyl sites for hydroxylation is 1. The third-order valence-electron chi connectivity index (χ3n) is 2.19. The lowest BCUT2D eigenvalue weighted by molar-refractivity contribution is -0.132. The predicted octanol–water partition coefficient (Wildman–Crippen LogP) is 2.62. The summed E-state index contributed by atoms with van der Waals surface area (Å²) in [6, 6.07) is 3.85. The van der Waals surface area contributed by atoms with Gasteiger partial charge in [0.1, 0.15) is 12.4 Å². The summed E-state index contributed by atoms with van der Waals surface area (Å²) >= 11 is 3.39. The minimum absolute atomic E-state index is 0.115. The van der Waals surface area contributed by atoms with Crippen LogP contribution in [0.25, 0.3) is 6.08 Å². The van der Waals surface area contributed by atoms with Crippen LogP contribution in [0.3, 0.4) is 0 Å². The molecule has 0 amide bonds. The second kappa shape index (κ2) is 3.70. The van der Waals surface area contributed by atoms with Crippen molar-refractivity contribution in [2.45, 2.75) is 6.92 Å². The number of ether oxygens (including phenoxy) is 1. The first-order chi connectivity index (χ1) is 7.08. The largest absolute Gasteiger partial charge is 0.487 e. The summed E-state index contributed by atoms with van der Waals surface area (Å²) < 4.78 is 6.25. The van der Waals surface area contributed by atoms with E-state index in [4.69, 9.17) is 9.84 Å². The Balaban J connectivity index is 2.54. The molecule has 0 fully saturated rings. The Labute approximate surface area is 95.5 Å². The average Bonchev–Trinajstić information content (AvgIpc) is 2.16. The molecule has 0 atom stereocenters. The van der Waals surface area contributed by atoms with Crippen LogP contribution in [0.15, 0.2) is 22.2 Å². The van der Waals surface area contributed by atoms with Crippen LogP contribution in [0.4, 0.5) is 0 Å². The van der Waals surface area contributed by atoms with Crippen LogP contribution in [0.1, 0.15) is 11.1 Å². The Bertz CT molecular complexity index is 463. The van der Waals surface area contributed by atoms with Crippen LogP contribution in [-0.4, -0.2) is 17.7 Å². The van der Waals surface area contributed by atoms with Crippen molar-refractivity contribution in [1.29, 1.82) is 0 Å². The van der Waals surface area contributed by atoms with Crippen LogP contribution in [-0.2, 0) is 4.79 Å². The van der Waals surface area contributed by atoms with Crippen molar-refractivity contribution < 1.29 is 14.6 Å². The summed E-state index contributed by atoms with van der Waals surface area (Å²) in [5.41, 5.74) is 2.15. The number of halogens is 1. The highest BCUT2D eigenvalue weighted by molar-refractivity contribution is 9.10. The number of rotatable bonds is 1. The number of hydrogen-bond donors (Lipinski definition) is 1. The molecule has 0 spiro atoms. The second-order valence-electron chi connectivity index (χ2n) is 3.43. The van der Waals surface area contributed by atoms with Crippen molar-refractivity contribution in [2.24, 2.45) is 0 Å². The van der Waals surface area contributed by atoms with E-state index >= 15 is 0 Å². The number of benzene rings is 1. The number of aliphatic carboxylic acids is 1. The molecular weight excluding hydrogens is 260 g/mol. The maximum atomic E-state index is 10.8. The van der Waals surface area contributed by atoms with Crippen molar-refractivity contribution in [1.82, 2.24) is 0 Å². The van der Waals surface area contributed by atoms with Crippen LogP contribution in [0.5, 0.6) is 5.75 Å². The smallest absolute Gasteiger partial charge is 0.335 e. The van der Waals surface area contributed by atoms with E-state index in [0.717, 1.165) is 15.6 Å². The number of carboxylic acids is 1. The van der Waals surface area contributed by atoms with E-state index in [1.807, 2.05) is 19.1 Å². The maximum absolute atomic E-state index is 10.8. The summed E-state index contributed by atoms with van der Waals surface area (Å²) in [6.07, 6.45) is 1.65. The zero-order valence-electron chi connectivity index (χ0n) is 8.08. The first-order valence-electron chi connectivity index (χ1n) is 4.45. The highest BCUT2D eigenvalue weighted by atomic mass is 79.9. The van der Waals surface area contributed by atoms with E-state index < -0.39 is 5.97 Å². The summed E-state index contributed by atoms with van der Waals surface area (Å²) in [7, 11) is 0. The SMILES string of the molecule is Cc1cc(Br)c2c(c1)C=C(C(=O)O)CO2. The van der Waals surface area contributed by atoms with Crippen molar-refractivity contribution in [3.05, 3.63) is 33.3 Å². The number of fused-ring (bicyclic) bond motifs is 1. The Morgan fingerprint density at radius 1 is 1.53 bits per heavy atom. The van der Waals surface area contributed by atoms with E-state index in [0.29, 0.717) is 5.75 Å².